The molecule has 0 spiro atoms. The van der Waals surface area contributed by atoms with Crippen molar-refractivity contribution in [1.82, 2.24) is 25.0 Å². The van der Waals surface area contributed by atoms with Crippen LogP contribution in [0.25, 0.3) is 0 Å². The van der Waals surface area contributed by atoms with Crippen molar-refractivity contribution in [3.05, 3.63) is 41.5 Å². The van der Waals surface area contributed by atoms with Crippen LogP contribution in [0.4, 0.5) is 5.69 Å². The number of guanidine groups is 1. The molecule has 1 fully saturated rings. The van der Waals surface area contributed by atoms with Gasteiger partial charge in [0, 0.05) is 45.5 Å². The summed E-state index contributed by atoms with van der Waals surface area (Å²) in [5.74, 6) is 2.79. The number of halogens is 1. The van der Waals surface area contributed by atoms with E-state index in [9.17, 15) is 0 Å². The Balaban J connectivity index is 0.00000300. The fourth-order valence-corrected chi connectivity index (χ4v) is 3.38. The molecule has 2 heterocycles. The molecule has 1 N–H and O–H groups in total. The maximum Gasteiger partial charge on any atom is 0.194 e. The molecule has 3 rings (SSSR count). The summed E-state index contributed by atoms with van der Waals surface area (Å²) in [5.41, 5.74) is 2.62. The normalized spacial score (nSPS) is 14.7. The lowest BCUT2D eigenvalue weighted by atomic mass is 10.2. The molecule has 1 aromatic heterocycles. The van der Waals surface area contributed by atoms with Gasteiger partial charge in [-0.2, -0.15) is 0 Å². The molecule has 0 aliphatic carbocycles. The van der Waals surface area contributed by atoms with Crippen molar-refractivity contribution in [1.29, 1.82) is 0 Å². The van der Waals surface area contributed by atoms with E-state index in [0.717, 1.165) is 56.8 Å². The van der Waals surface area contributed by atoms with Gasteiger partial charge in [-0.3, -0.25) is 0 Å². The van der Waals surface area contributed by atoms with E-state index < -0.39 is 0 Å². The van der Waals surface area contributed by atoms with Gasteiger partial charge in [-0.1, -0.05) is 25.5 Å². The molecule has 160 valence electrons. The van der Waals surface area contributed by atoms with Gasteiger partial charge < -0.3 is 19.7 Å². The summed E-state index contributed by atoms with van der Waals surface area (Å²) in [6.07, 6.45) is 2.31. The quantitative estimate of drug-likeness (QED) is 0.280. The summed E-state index contributed by atoms with van der Waals surface area (Å²) in [6.45, 7) is 11.7. The van der Waals surface area contributed by atoms with Gasteiger partial charge in [0.05, 0.1) is 0 Å². The maximum absolute atomic E-state index is 4.87. The number of aromatic nitrogens is 3. The molecule has 0 unspecified atom stereocenters. The predicted molar refractivity (Wildman–Crippen MR) is 130 cm³/mol. The summed E-state index contributed by atoms with van der Waals surface area (Å²) in [4.78, 5) is 9.69. The van der Waals surface area contributed by atoms with E-state index in [1.54, 1.807) is 0 Å². The van der Waals surface area contributed by atoms with Crippen molar-refractivity contribution >= 4 is 35.6 Å². The first-order chi connectivity index (χ1) is 13.6. The SMILES string of the molecule is CCCCNC(=NCc1nnc(C)n1C)N1CCN(c2cccc(C)c2)CC1.I. The van der Waals surface area contributed by atoms with E-state index in [1.807, 2.05) is 18.5 Å². The number of unbranched alkanes of at least 4 members (excludes halogenated alkanes) is 1. The van der Waals surface area contributed by atoms with E-state index in [2.05, 4.69) is 63.4 Å². The largest absolute Gasteiger partial charge is 0.368 e. The Morgan fingerprint density at radius 2 is 1.90 bits per heavy atom. The zero-order valence-electron chi connectivity index (χ0n) is 18.1. The molecule has 1 saturated heterocycles. The molecule has 0 atom stereocenters. The van der Waals surface area contributed by atoms with Crippen LogP contribution in [0.1, 0.15) is 37.0 Å². The number of piperazine rings is 1. The molecule has 8 heteroatoms. The van der Waals surface area contributed by atoms with Crippen LogP contribution in [-0.2, 0) is 13.6 Å². The minimum Gasteiger partial charge on any atom is -0.368 e. The lowest BCUT2D eigenvalue weighted by Crippen LogP contribution is -2.52. The molecular weight excluding hydrogens is 477 g/mol. The zero-order chi connectivity index (χ0) is 19.9. The van der Waals surface area contributed by atoms with Crippen LogP contribution in [0.3, 0.4) is 0 Å². The van der Waals surface area contributed by atoms with E-state index in [-0.39, 0.29) is 24.0 Å². The first kappa shape index (κ1) is 23.4. The van der Waals surface area contributed by atoms with Gasteiger partial charge in [-0.15, -0.1) is 34.2 Å². The summed E-state index contributed by atoms with van der Waals surface area (Å²) >= 11 is 0. The van der Waals surface area contributed by atoms with Gasteiger partial charge in [0.2, 0.25) is 0 Å². The van der Waals surface area contributed by atoms with E-state index >= 15 is 0 Å². The van der Waals surface area contributed by atoms with Gasteiger partial charge in [-0.05, 0) is 38.0 Å². The smallest absolute Gasteiger partial charge is 0.194 e. The van der Waals surface area contributed by atoms with Crippen LogP contribution >= 0.6 is 24.0 Å². The van der Waals surface area contributed by atoms with Crippen molar-refractivity contribution in [2.45, 2.75) is 40.2 Å². The van der Waals surface area contributed by atoms with E-state index in [4.69, 9.17) is 4.99 Å². The number of anilines is 1. The highest BCUT2D eigenvalue weighted by molar-refractivity contribution is 14.0. The molecule has 0 bridgehead atoms. The van der Waals surface area contributed by atoms with Crippen molar-refractivity contribution in [3.8, 4) is 0 Å². The second kappa shape index (κ2) is 11.4. The van der Waals surface area contributed by atoms with Gasteiger partial charge in [0.1, 0.15) is 12.4 Å². The van der Waals surface area contributed by atoms with Gasteiger partial charge in [-0.25, -0.2) is 4.99 Å². The second-order valence-corrected chi connectivity index (χ2v) is 7.46. The summed E-state index contributed by atoms with van der Waals surface area (Å²) in [5, 5.41) is 11.9. The first-order valence-electron chi connectivity index (χ1n) is 10.3. The van der Waals surface area contributed by atoms with Gasteiger partial charge in [0.25, 0.3) is 0 Å². The van der Waals surface area contributed by atoms with Crippen molar-refractivity contribution in [2.24, 2.45) is 12.0 Å². The fraction of sp³-hybridized carbons (Fsp3) is 0.571. The molecule has 29 heavy (non-hydrogen) atoms. The Labute approximate surface area is 191 Å². The van der Waals surface area contributed by atoms with Crippen LogP contribution in [0.15, 0.2) is 29.3 Å². The van der Waals surface area contributed by atoms with Crippen LogP contribution in [0, 0.1) is 13.8 Å². The van der Waals surface area contributed by atoms with Crippen LogP contribution < -0.4 is 10.2 Å². The highest BCUT2D eigenvalue weighted by Crippen LogP contribution is 2.18. The number of aryl methyl sites for hydroxylation is 2. The number of aliphatic imine (C=N–C) groups is 1. The molecular formula is C21H34IN7. The minimum atomic E-state index is 0. The average Bonchev–Trinajstić information content (AvgIpc) is 3.03. The van der Waals surface area contributed by atoms with Crippen molar-refractivity contribution in [3.63, 3.8) is 0 Å². The summed E-state index contributed by atoms with van der Waals surface area (Å²) in [7, 11) is 1.99. The van der Waals surface area contributed by atoms with Crippen LogP contribution in [-0.4, -0.2) is 58.3 Å². The third kappa shape index (κ3) is 6.32. The highest BCUT2D eigenvalue weighted by atomic mass is 127. The van der Waals surface area contributed by atoms with Gasteiger partial charge >= 0.3 is 0 Å². The number of rotatable bonds is 6. The monoisotopic (exact) mass is 511 g/mol. The van der Waals surface area contributed by atoms with Crippen LogP contribution in [0.5, 0.6) is 0 Å². The zero-order valence-corrected chi connectivity index (χ0v) is 20.4. The first-order valence-corrected chi connectivity index (χ1v) is 10.3. The topological polar surface area (TPSA) is 61.6 Å². The van der Waals surface area contributed by atoms with Crippen molar-refractivity contribution < 1.29 is 0 Å². The molecule has 0 saturated carbocycles. The maximum atomic E-state index is 4.87. The number of hydrogen-bond acceptors (Lipinski definition) is 4. The third-order valence-corrected chi connectivity index (χ3v) is 5.31. The molecule has 1 aliphatic rings. The van der Waals surface area contributed by atoms with Gasteiger partial charge in [0.15, 0.2) is 11.8 Å². The number of benzene rings is 1. The molecule has 7 nitrogen and oxygen atoms in total. The number of nitrogens with zero attached hydrogens (tertiary/aromatic N) is 6. The van der Waals surface area contributed by atoms with E-state index in [1.165, 1.54) is 17.7 Å². The molecule has 0 radical (unpaired) electrons. The Bertz CT molecular complexity index is 794. The predicted octanol–water partition coefficient (Wildman–Crippen LogP) is 3.12. The fourth-order valence-electron chi connectivity index (χ4n) is 3.38. The molecule has 0 amide bonds. The average molecular weight is 511 g/mol. The van der Waals surface area contributed by atoms with E-state index in [0.29, 0.717) is 6.54 Å². The third-order valence-electron chi connectivity index (χ3n) is 5.31. The Morgan fingerprint density at radius 1 is 1.14 bits per heavy atom. The Morgan fingerprint density at radius 3 is 2.52 bits per heavy atom. The Hall–Kier alpha value is -1.84. The Kier molecular flexibility index (Phi) is 9.19. The molecule has 1 aromatic carbocycles. The number of nitrogens with one attached hydrogen (secondary N) is 1. The highest BCUT2D eigenvalue weighted by Gasteiger charge is 2.20. The second-order valence-electron chi connectivity index (χ2n) is 7.46. The standard InChI is InChI=1S/C21H33N7.HI/c1-5-6-10-22-21(23-16-20-25-24-18(3)26(20)4)28-13-11-27(12-14-28)19-9-7-8-17(2)15-19;/h7-9,15H,5-6,10-14,16H2,1-4H3,(H,22,23);1H. The number of hydrogen-bond donors (Lipinski definition) is 1. The van der Waals surface area contributed by atoms with Crippen LogP contribution in [0.2, 0.25) is 0 Å². The van der Waals surface area contributed by atoms with Crippen molar-refractivity contribution in [2.75, 3.05) is 37.6 Å². The lowest BCUT2D eigenvalue weighted by molar-refractivity contribution is 0.371. The minimum absolute atomic E-state index is 0. The molecule has 1 aliphatic heterocycles. The lowest BCUT2D eigenvalue weighted by Gasteiger charge is -2.38. The summed E-state index contributed by atoms with van der Waals surface area (Å²) < 4.78 is 2.00. The molecule has 2 aromatic rings. The summed E-state index contributed by atoms with van der Waals surface area (Å²) in [6, 6.07) is 8.75.